The number of hydrogen-bond donors (Lipinski definition) is 2. The average Bonchev–Trinajstić information content (AvgIpc) is 2.45. The number of nitrogens with zero attached hydrogens (tertiary/aromatic N) is 1. The molecule has 2 rings (SSSR count). The molecule has 0 aliphatic heterocycles. The molecule has 2 aromatic rings. The largest absolute Gasteiger partial charge is 0.486 e. The molecule has 0 unspecified atom stereocenters. The zero-order valence-electron chi connectivity index (χ0n) is 10.7. The number of aromatic nitrogens is 2. The summed E-state index contributed by atoms with van der Waals surface area (Å²) in [5.74, 6) is 0.143. The lowest BCUT2D eigenvalue weighted by Crippen LogP contribution is -2.18. The minimum absolute atomic E-state index is 0.0926. The summed E-state index contributed by atoms with van der Waals surface area (Å²) in [6.07, 6.45) is 1.47. The Kier molecular flexibility index (Phi) is 4.49. The molecule has 1 aromatic heterocycles. The summed E-state index contributed by atoms with van der Waals surface area (Å²) in [5.41, 5.74) is 0.0313. The van der Waals surface area contributed by atoms with Crippen molar-refractivity contribution >= 4 is 5.97 Å². The first-order chi connectivity index (χ1) is 9.65. The molecule has 0 spiro atoms. The molecule has 1 heterocycles. The summed E-state index contributed by atoms with van der Waals surface area (Å²) in [6, 6.07) is 9.18. The summed E-state index contributed by atoms with van der Waals surface area (Å²) in [5, 5.41) is 8.58. The predicted octanol–water partition coefficient (Wildman–Crippen LogP) is 1.37. The Hall–Kier alpha value is -2.63. The Morgan fingerprint density at radius 1 is 1.30 bits per heavy atom. The number of nitrogens with one attached hydrogen (secondary N) is 1. The van der Waals surface area contributed by atoms with Crippen molar-refractivity contribution in [3.8, 4) is 5.75 Å². The van der Waals surface area contributed by atoms with Crippen LogP contribution in [0, 0.1) is 0 Å². The molecule has 0 radical (unpaired) electrons. The Balaban J connectivity index is 1.98. The number of hydrogen-bond acceptors (Lipinski definition) is 4. The maximum absolute atomic E-state index is 11.7. The van der Waals surface area contributed by atoms with Gasteiger partial charge in [0, 0.05) is 18.2 Å². The van der Waals surface area contributed by atoms with E-state index in [0.717, 1.165) is 0 Å². The average molecular weight is 274 g/mol. The summed E-state index contributed by atoms with van der Waals surface area (Å²) < 4.78 is 5.46. The van der Waals surface area contributed by atoms with Gasteiger partial charge in [0.1, 0.15) is 18.2 Å². The highest BCUT2D eigenvalue weighted by Crippen LogP contribution is 2.09. The molecule has 6 nitrogen and oxygen atoms in total. The highest BCUT2D eigenvalue weighted by molar-refractivity contribution is 5.67. The lowest BCUT2D eigenvalue weighted by Gasteiger charge is -2.05. The van der Waals surface area contributed by atoms with Crippen molar-refractivity contribution in [1.82, 2.24) is 9.97 Å². The number of carboxylic acid groups (broad SMARTS) is 1. The zero-order valence-corrected chi connectivity index (χ0v) is 10.7. The molecule has 0 saturated heterocycles. The van der Waals surface area contributed by atoms with E-state index in [4.69, 9.17) is 9.84 Å². The van der Waals surface area contributed by atoms with Gasteiger partial charge in [-0.25, -0.2) is 4.98 Å². The third kappa shape index (κ3) is 3.94. The molecular formula is C14H14N2O4. The van der Waals surface area contributed by atoms with E-state index in [2.05, 4.69) is 9.97 Å². The van der Waals surface area contributed by atoms with E-state index in [-0.39, 0.29) is 25.0 Å². The number of benzene rings is 1. The molecular weight excluding hydrogens is 260 g/mol. The topological polar surface area (TPSA) is 92.3 Å². The van der Waals surface area contributed by atoms with Gasteiger partial charge in [-0.05, 0) is 18.6 Å². The normalized spacial score (nSPS) is 10.2. The van der Waals surface area contributed by atoms with Crippen molar-refractivity contribution in [2.75, 3.05) is 0 Å². The summed E-state index contributed by atoms with van der Waals surface area (Å²) in [6.45, 7) is 0.151. The number of carboxylic acids is 1. The molecule has 1 aromatic carbocycles. The van der Waals surface area contributed by atoms with Gasteiger partial charge < -0.3 is 14.8 Å². The summed E-state index contributed by atoms with van der Waals surface area (Å²) >= 11 is 0. The quantitative estimate of drug-likeness (QED) is 0.829. The van der Waals surface area contributed by atoms with E-state index in [1.165, 1.54) is 6.20 Å². The molecule has 2 N–H and O–H groups in total. The number of ether oxygens (including phenoxy) is 1. The van der Waals surface area contributed by atoms with Crippen LogP contribution in [0.15, 0.2) is 41.3 Å². The number of aliphatic carboxylic acids is 1. The third-order valence-electron chi connectivity index (χ3n) is 2.65. The van der Waals surface area contributed by atoms with Gasteiger partial charge in [-0.2, -0.15) is 0 Å². The van der Waals surface area contributed by atoms with E-state index in [1.54, 1.807) is 12.1 Å². The van der Waals surface area contributed by atoms with Crippen LogP contribution in [0.2, 0.25) is 0 Å². The smallest absolute Gasteiger partial charge is 0.303 e. The maximum atomic E-state index is 11.7. The summed E-state index contributed by atoms with van der Waals surface area (Å²) in [4.78, 5) is 28.8. The van der Waals surface area contributed by atoms with Crippen LogP contribution in [0.25, 0.3) is 0 Å². The lowest BCUT2D eigenvalue weighted by molar-refractivity contribution is -0.136. The maximum Gasteiger partial charge on any atom is 0.303 e. The van der Waals surface area contributed by atoms with E-state index in [9.17, 15) is 9.59 Å². The fourth-order valence-electron chi connectivity index (χ4n) is 1.62. The number of aromatic amines is 1. The van der Waals surface area contributed by atoms with Gasteiger partial charge in [0.05, 0.1) is 0 Å². The van der Waals surface area contributed by atoms with Gasteiger partial charge in [0.25, 0.3) is 5.56 Å². The molecule has 6 heteroatoms. The van der Waals surface area contributed by atoms with E-state index in [0.29, 0.717) is 17.1 Å². The molecule has 0 saturated carbocycles. The van der Waals surface area contributed by atoms with Gasteiger partial charge >= 0.3 is 5.97 Å². The summed E-state index contributed by atoms with van der Waals surface area (Å²) in [7, 11) is 0. The van der Waals surface area contributed by atoms with Gasteiger partial charge in [-0.3, -0.25) is 9.59 Å². The van der Waals surface area contributed by atoms with Crippen LogP contribution < -0.4 is 10.3 Å². The van der Waals surface area contributed by atoms with Gasteiger partial charge in [-0.15, -0.1) is 0 Å². The number of para-hydroxylation sites is 1. The highest BCUT2D eigenvalue weighted by atomic mass is 16.5. The standard InChI is InChI=1S/C14H14N2O4/c17-13(18)7-6-10-8-15-12(16-14(10)19)9-20-11-4-2-1-3-5-11/h1-5,8H,6-7,9H2,(H,17,18)(H,15,16,19). The Morgan fingerprint density at radius 3 is 2.70 bits per heavy atom. The van der Waals surface area contributed by atoms with Crippen LogP contribution in [-0.2, 0) is 17.8 Å². The monoisotopic (exact) mass is 274 g/mol. The predicted molar refractivity (Wildman–Crippen MR) is 71.6 cm³/mol. The Labute approximate surface area is 115 Å². The van der Waals surface area contributed by atoms with E-state index >= 15 is 0 Å². The van der Waals surface area contributed by atoms with Gasteiger partial charge in [-0.1, -0.05) is 18.2 Å². The van der Waals surface area contributed by atoms with E-state index < -0.39 is 5.97 Å². The number of rotatable bonds is 6. The van der Waals surface area contributed by atoms with Crippen molar-refractivity contribution in [2.45, 2.75) is 19.4 Å². The molecule has 20 heavy (non-hydrogen) atoms. The van der Waals surface area contributed by atoms with Crippen LogP contribution >= 0.6 is 0 Å². The Morgan fingerprint density at radius 2 is 2.05 bits per heavy atom. The van der Waals surface area contributed by atoms with Crippen LogP contribution in [0.4, 0.5) is 0 Å². The highest BCUT2D eigenvalue weighted by Gasteiger charge is 2.06. The molecule has 0 amide bonds. The number of H-pyrrole nitrogens is 1. The molecule has 0 atom stereocenters. The molecule has 104 valence electrons. The second-order valence-electron chi connectivity index (χ2n) is 4.18. The van der Waals surface area contributed by atoms with E-state index in [1.807, 2.05) is 18.2 Å². The van der Waals surface area contributed by atoms with Crippen molar-refractivity contribution in [3.63, 3.8) is 0 Å². The van der Waals surface area contributed by atoms with Crippen molar-refractivity contribution in [1.29, 1.82) is 0 Å². The molecule has 0 fully saturated rings. The fraction of sp³-hybridized carbons (Fsp3) is 0.214. The minimum Gasteiger partial charge on any atom is -0.486 e. The second-order valence-corrected chi connectivity index (χ2v) is 4.18. The van der Waals surface area contributed by atoms with Crippen LogP contribution in [0.1, 0.15) is 17.8 Å². The van der Waals surface area contributed by atoms with Crippen molar-refractivity contribution in [2.24, 2.45) is 0 Å². The molecule has 0 aliphatic carbocycles. The van der Waals surface area contributed by atoms with Crippen LogP contribution in [0.5, 0.6) is 5.75 Å². The van der Waals surface area contributed by atoms with Crippen molar-refractivity contribution < 1.29 is 14.6 Å². The SMILES string of the molecule is O=C(O)CCc1cnc(COc2ccccc2)[nH]c1=O. The first-order valence-corrected chi connectivity index (χ1v) is 6.12. The second kappa shape index (κ2) is 6.51. The van der Waals surface area contributed by atoms with Crippen LogP contribution in [0.3, 0.4) is 0 Å². The lowest BCUT2D eigenvalue weighted by atomic mass is 10.2. The number of carbonyl (C=O) groups is 1. The third-order valence-corrected chi connectivity index (χ3v) is 2.65. The van der Waals surface area contributed by atoms with Gasteiger partial charge in [0.2, 0.25) is 0 Å². The zero-order chi connectivity index (χ0) is 14.4. The Bertz CT molecular complexity index is 637. The van der Waals surface area contributed by atoms with Crippen molar-refractivity contribution in [3.05, 3.63) is 58.3 Å². The number of aryl methyl sites for hydroxylation is 1. The molecule has 0 aliphatic rings. The fourth-order valence-corrected chi connectivity index (χ4v) is 1.62. The van der Waals surface area contributed by atoms with Gasteiger partial charge in [0.15, 0.2) is 0 Å². The first-order valence-electron chi connectivity index (χ1n) is 6.12. The first kappa shape index (κ1) is 13.8. The minimum atomic E-state index is -0.944. The van der Waals surface area contributed by atoms with Crippen LogP contribution in [-0.4, -0.2) is 21.0 Å². The molecule has 0 bridgehead atoms.